The van der Waals surface area contributed by atoms with Gasteiger partial charge in [0.15, 0.2) is 0 Å². The van der Waals surface area contributed by atoms with Gasteiger partial charge in [0.2, 0.25) is 15.9 Å². The fourth-order valence-electron chi connectivity index (χ4n) is 3.03. The number of hydrogen-bond donors (Lipinski definition) is 2. The lowest BCUT2D eigenvalue weighted by Crippen LogP contribution is -2.48. The number of benzene rings is 1. The van der Waals surface area contributed by atoms with Crippen LogP contribution in [0.2, 0.25) is 5.02 Å². The van der Waals surface area contributed by atoms with Gasteiger partial charge in [0.25, 0.3) is 0 Å². The van der Waals surface area contributed by atoms with Gasteiger partial charge in [-0.1, -0.05) is 11.6 Å². The zero-order chi connectivity index (χ0) is 15.2. The molecule has 21 heavy (non-hydrogen) atoms. The van der Waals surface area contributed by atoms with Gasteiger partial charge < -0.3 is 11.1 Å². The van der Waals surface area contributed by atoms with Crippen molar-refractivity contribution in [2.24, 2.45) is 5.92 Å². The molecule has 6 nitrogen and oxygen atoms in total. The molecular weight excluding hydrogens is 314 g/mol. The number of carbonyl (C=O) groups is 1. The number of amides is 1. The van der Waals surface area contributed by atoms with E-state index in [0.717, 1.165) is 6.42 Å². The second kappa shape index (κ2) is 5.15. The number of piperidine rings is 1. The first-order valence-corrected chi connectivity index (χ1v) is 8.57. The lowest BCUT2D eigenvalue weighted by molar-refractivity contribution is -0.123. The Morgan fingerprint density at radius 2 is 2.14 bits per heavy atom. The maximum atomic E-state index is 12.8. The number of hydrogen-bond acceptors (Lipinski definition) is 4. The molecule has 2 unspecified atom stereocenters. The largest absolute Gasteiger partial charge is 0.397 e. The summed E-state index contributed by atoms with van der Waals surface area (Å²) in [5.74, 6) is -0.311. The number of nitrogens with zero attached hydrogens (tertiary/aromatic N) is 1. The van der Waals surface area contributed by atoms with Crippen LogP contribution in [0.5, 0.6) is 0 Å². The Labute approximate surface area is 128 Å². The van der Waals surface area contributed by atoms with Crippen LogP contribution < -0.4 is 11.1 Å². The Kier molecular flexibility index (Phi) is 3.59. The van der Waals surface area contributed by atoms with Crippen LogP contribution in [-0.2, 0) is 14.8 Å². The first-order chi connectivity index (χ1) is 9.91. The van der Waals surface area contributed by atoms with Gasteiger partial charge >= 0.3 is 0 Å². The Morgan fingerprint density at radius 3 is 2.86 bits per heavy atom. The average Bonchev–Trinajstić information content (AvgIpc) is 2.83. The van der Waals surface area contributed by atoms with E-state index in [2.05, 4.69) is 5.32 Å². The molecule has 0 radical (unpaired) electrons. The number of halogens is 1. The Bertz CT molecular complexity index is 692. The normalized spacial score (nSPS) is 26.4. The molecule has 0 aliphatic carbocycles. The summed E-state index contributed by atoms with van der Waals surface area (Å²) in [7, 11) is -3.68. The molecule has 2 aliphatic rings. The standard InChI is InChI=1S/C13H16ClN3O3S/c14-10-4-3-8(6-11(10)15)21(19,20)17-5-1-2-9-12(17)7-16-13(9)18/h3-4,6,9,12H,1-2,5,7,15H2,(H,16,18). The molecule has 3 rings (SSSR count). The number of nitrogen functional groups attached to an aromatic ring is 1. The van der Waals surface area contributed by atoms with Crippen LogP contribution in [0.4, 0.5) is 5.69 Å². The van der Waals surface area contributed by atoms with Gasteiger partial charge in [0.05, 0.1) is 27.6 Å². The lowest BCUT2D eigenvalue weighted by Gasteiger charge is -2.34. The third-order valence-electron chi connectivity index (χ3n) is 4.12. The molecule has 2 heterocycles. The molecule has 2 saturated heterocycles. The van der Waals surface area contributed by atoms with Crippen LogP contribution in [0.1, 0.15) is 12.8 Å². The smallest absolute Gasteiger partial charge is 0.243 e. The van der Waals surface area contributed by atoms with E-state index >= 15 is 0 Å². The highest BCUT2D eigenvalue weighted by atomic mass is 35.5. The lowest BCUT2D eigenvalue weighted by atomic mass is 9.93. The summed E-state index contributed by atoms with van der Waals surface area (Å²) >= 11 is 5.84. The molecule has 0 spiro atoms. The van der Waals surface area contributed by atoms with E-state index in [-0.39, 0.29) is 28.4 Å². The molecule has 3 N–H and O–H groups in total. The van der Waals surface area contributed by atoms with E-state index in [1.165, 1.54) is 22.5 Å². The van der Waals surface area contributed by atoms with Crippen LogP contribution in [-0.4, -0.2) is 37.8 Å². The van der Waals surface area contributed by atoms with Crippen LogP contribution in [0, 0.1) is 5.92 Å². The number of sulfonamides is 1. The van der Waals surface area contributed by atoms with Gasteiger partial charge in [0.1, 0.15) is 0 Å². The minimum absolute atomic E-state index is 0.0597. The highest BCUT2D eigenvalue weighted by Crippen LogP contribution is 2.33. The molecule has 1 aromatic rings. The zero-order valence-corrected chi connectivity index (χ0v) is 12.8. The van der Waals surface area contributed by atoms with Crippen LogP contribution >= 0.6 is 11.6 Å². The van der Waals surface area contributed by atoms with E-state index < -0.39 is 10.0 Å². The maximum absolute atomic E-state index is 12.8. The van der Waals surface area contributed by atoms with Crippen molar-refractivity contribution >= 4 is 33.2 Å². The molecule has 0 aromatic heterocycles. The minimum Gasteiger partial charge on any atom is -0.397 e. The van der Waals surface area contributed by atoms with Crippen LogP contribution in [0.3, 0.4) is 0 Å². The average molecular weight is 330 g/mol. The fourth-order valence-corrected chi connectivity index (χ4v) is 4.88. The molecule has 0 saturated carbocycles. The number of nitrogens with two attached hydrogens (primary N) is 1. The minimum atomic E-state index is -3.68. The maximum Gasteiger partial charge on any atom is 0.243 e. The summed E-state index contributed by atoms with van der Waals surface area (Å²) < 4.78 is 27.0. The second-order valence-electron chi connectivity index (χ2n) is 5.36. The van der Waals surface area contributed by atoms with Gasteiger partial charge in [-0.25, -0.2) is 8.42 Å². The van der Waals surface area contributed by atoms with Crippen LogP contribution in [0.25, 0.3) is 0 Å². The van der Waals surface area contributed by atoms with Crippen molar-refractivity contribution in [1.82, 2.24) is 9.62 Å². The van der Waals surface area contributed by atoms with Gasteiger partial charge in [-0.05, 0) is 31.0 Å². The Hall–Kier alpha value is -1.31. The summed E-state index contributed by atoms with van der Waals surface area (Å²) in [6.45, 7) is 0.785. The second-order valence-corrected chi connectivity index (χ2v) is 7.66. The number of carbonyl (C=O) groups excluding carboxylic acids is 1. The van der Waals surface area contributed by atoms with Gasteiger partial charge in [-0.2, -0.15) is 4.31 Å². The number of rotatable bonds is 2. The third kappa shape index (κ3) is 2.39. The molecule has 114 valence electrons. The van der Waals surface area contributed by atoms with Gasteiger partial charge in [0, 0.05) is 13.1 Å². The van der Waals surface area contributed by atoms with Crippen LogP contribution in [0.15, 0.2) is 23.1 Å². The molecule has 0 bridgehead atoms. The quantitative estimate of drug-likeness (QED) is 0.786. The predicted octanol–water partition coefficient (Wildman–Crippen LogP) is 0.821. The molecule has 1 amide bonds. The summed E-state index contributed by atoms with van der Waals surface area (Å²) in [6.07, 6.45) is 1.40. The predicted molar refractivity (Wildman–Crippen MR) is 79.3 cm³/mol. The number of fused-ring (bicyclic) bond motifs is 1. The molecule has 2 fully saturated rings. The van der Waals surface area contributed by atoms with Crippen molar-refractivity contribution in [3.05, 3.63) is 23.2 Å². The molecule has 8 heteroatoms. The van der Waals surface area contributed by atoms with E-state index in [4.69, 9.17) is 17.3 Å². The zero-order valence-electron chi connectivity index (χ0n) is 11.3. The topological polar surface area (TPSA) is 92.5 Å². The van der Waals surface area contributed by atoms with Crippen molar-refractivity contribution < 1.29 is 13.2 Å². The van der Waals surface area contributed by atoms with Gasteiger partial charge in [-0.3, -0.25) is 4.79 Å². The summed E-state index contributed by atoms with van der Waals surface area (Å²) in [5.41, 5.74) is 5.92. The number of anilines is 1. The Morgan fingerprint density at radius 1 is 1.38 bits per heavy atom. The monoisotopic (exact) mass is 329 g/mol. The summed E-state index contributed by atoms with van der Waals surface area (Å²) in [5, 5.41) is 3.07. The van der Waals surface area contributed by atoms with E-state index in [9.17, 15) is 13.2 Å². The van der Waals surface area contributed by atoms with Gasteiger partial charge in [-0.15, -0.1) is 0 Å². The molecule has 1 aromatic carbocycles. The van der Waals surface area contributed by atoms with Crippen molar-refractivity contribution in [3.8, 4) is 0 Å². The van der Waals surface area contributed by atoms with Crippen molar-refractivity contribution in [2.45, 2.75) is 23.8 Å². The first-order valence-electron chi connectivity index (χ1n) is 6.76. The van der Waals surface area contributed by atoms with E-state index in [1.807, 2.05) is 0 Å². The van der Waals surface area contributed by atoms with Crippen molar-refractivity contribution in [1.29, 1.82) is 0 Å². The SMILES string of the molecule is Nc1cc(S(=O)(=O)N2CCCC3C(=O)NCC32)ccc1Cl. The van der Waals surface area contributed by atoms with Crippen molar-refractivity contribution in [2.75, 3.05) is 18.8 Å². The first kappa shape index (κ1) is 14.6. The Balaban J connectivity index is 1.97. The fraction of sp³-hybridized carbons (Fsp3) is 0.462. The van der Waals surface area contributed by atoms with E-state index in [0.29, 0.717) is 24.5 Å². The molecule has 2 aliphatic heterocycles. The molecular formula is C13H16ClN3O3S. The highest BCUT2D eigenvalue weighted by molar-refractivity contribution is 7.89. The highest BCUT2D eigenvalue weighted by Gasteiger charge is 2.45. The summed E-state index contributed by atoms with van der Waals surface area (Å²) in [6, 6.07) is 3.98. The number of nitrogens with one attached hydrogen (secondary N) is 1. The van der Waals surface area contributed by atoms with Crippen molar-refractivity contribution in [3.63, 3.8) is 0 Å². The summed E-state index contributed by atoms with van der Waals surface area (Å²) in [4.78, 5) is 11.9. The third-order valence-corrected chi connectivity index (χ3v) is 6.39. The van der Waals surface area contributed by atoms with E-state index in [1.54, 1.807) is 0 Å². The molecule has 2 atom stereocenters.